The molecule has 0 spiro atoms. The molecule has 0 radical (unpaired) electrons. The molecule has 6 N–H and O–H groups in total. The van der Waals surface area contributed by atoms with Crippen LogP contribution in [0.4, 0.5) is 5.69 Å². The maximum atomic E-state index is 12.9. The third-order valence-electron chi connectivity index (χ3n) is 19.6. The number of non-ortho nitro benzene ring substituents is 1. The van der Waals surface area contributed by atoms with E-state index in [0.29, 0.717) is 51.4 Å². The Morgan fingerprint density at radius 2 is 0.756 bits per heavy atom. The summed E-state index contributed by atoms with van der Waals surface area (Å²) in [5, 5.41) is 76.3. The zero-order valence-electron chi connectivity index (χ0n) is 66.8. The summed E-state index contributed by atoms with van der Waals surface area (Å²) in [4.78, 5) is 34.8. The first-order valence-electron chi connectivity index (χ1n) is 38.0. The lowest BCUT2D eigenvalue weighted by Crippen LogP contribution is -2.26. The van der Waals surface area contributed by atoms with Gasteiger partial charge < -0.3 is 35.4 Å². The molecular weight excluding hydrogens is 1660 g/mol. The van der Waals surface area contributed by atoms with E-state index in [-0.39, 0.29) is 86.8 Å². The number of nitriles is 1. The third-order valence-corrected chi connectivity index (χ3v) is 28.6. The van der Waals surface area contributed by atoms with Crippen LogP contribution in [0.3, 0.4) is 0 Å². The van der Waals surface area contributed by atoms with Gasteiger partial charge in [-0.3, -0.25) is 19.7 Å². The lowest BCUT2D eigenvalue weighted by molar-refractivity contribution is -0.384. The van der Waals surface area contributed by atoms with Crippen molar-refractivity contribution in [1.82, 2.24) is 0 Å². The molecule has 2 aliphatic rings. The molecule has 12 atom stereocenters. The van der Waals surface area contributed by atoms with Crippen LogP contribution in [0, 0.1) is 114 Å². The van der Waals surface area contributed by atoms with Crippen LogP contribution in [-0.4, -0.2) is 125 Å². The number of aryl methyl sites for hydroxylation is 1. The van der Waals surface area contributed by atoms with E-state index >= 15 is 0 Å². The number of ether oxygens (including phenoxy) is 1. The molecule has 0 heterocycles. The first-order valence-corrected chi connectivity index (χ1v) is 44.5. The average molecular weight is 1750 g/mol. The molecule has 10 aromatic rings. The number of nitro groups is 1. The van der Waals surface area contributed by atoms with Gasteiger partial charge in [-0.1, -0.05) is 187 Å². The highest BCUT2D eigenvalue weighted by molar-refractivity contribution is 7.92. The maximum absolute atomic E-state index is 12.9. The molecule has 123 heavy (non-hydrogen) atoms. The van der Waals surface area contributed by atoms with Crippen LogP contribution in [0.1, 0.15) is 125 Å². The highest BCUT2D eigenvalue weighted by Crippen LogP contribution is 2.40. The van der Waals surface area contributed by atoms with Gasteiger partial charge in [-0.25, -0.2) is 33.7 Å². The van der Waals surface area contributed by atoms with Gasteiger partial charge in [-0.05, 0) is 132 Å². The van der Waals surface area contributed by atoms with Crippen molar-refractivity contribution < 1.29 is 83.6 Å². The fourth-order valence-corrected chi connectivity index (χ4v) is 21.4. The van der Waals surface area contributed by atoms with Crippen LogP contribution in [0.2, 0.25) is 5.02 Å². The Morgan fingerprint density at radius 1 is 0.423 bits per heavy atom. The molecule has 0 saturated carbocycles. The summed E-state index contributed by atoms with van der Waals surface area (Å²) in [5.41, 5.74) is 5.70. The first kappa shape index (κ1) is 97.6. The van der Waals surface area contributed by atoms with Crippen molar-refractivity contribution >= 4 is 68.2 Å². The fourth-order valence-electron chi connectivity index (χ4n) is 13.8. The minimum atomic E-state index is -3.99. The lowest BCUT2D eigenvalue weighted by Gasteiger charge is -2.22. The van der Waals surface area contributed by atoms with Gasteiger partial charge in [-0.2, -0.15) is 5.26 Å². The summed E-state index contributed by atoms with van der Waals surface area (Å²) in [7, 11) is -13.8. The molecule has 0 amide bonds. The fraction of sp³-hybridized carbons (Fsp3) is 0.227. The molecule has 0 saturated heterocycles. The van der Waals surface area contributed by atoms with Crippen molar-refractivity contribution in [2.75, 3.05) is 7.11 Å². The Kier molecular flexibility index (Phi) is 36.8. The molecular formula is C97H89ClN2O19S4. The van der Waals surface area contributed by atoms with Gasteiger partial charge in [0.2, 0.25) is 0 Å². The number of sulfone groups is 4. The summed E-state index contributed by atoms with van der Waals surface area (Å²) in [6.45, 7) is 1.88. The highest BCUT2D eigenvalue weighted by Gasteiger charge is 2.41. The molecule has 26 heteroatoms. The zero-order valence-corrected chi connectivity index (χ0v) is 70.8. The zero-order chi connectivity index (χ0) is 90.2. The van der Waals surface area contributed by atoms with Gasteiger partial charge in [0.15, 0.2) is 50.9 Å². The Bertz CT molecular complexity index is 5970. The molecule has 2 aliphatic carbocycles. The monoisotopic (exact) mass is 1750 g/mol. The van der Waals surface area contributed by atoms with Crippen molar-refractivity contribution in [1.29, 1.82) is 5.26 Å². The molecule has 0 aliphatic heterocycles. The Hall–Kier alpha value is -12.6. The Labute approximate surface area is 724 Å². The number of methoxy groups -OCH3 is 1. The van der Waals surface area contributed by atoms with Crippen LogP contribution in [0.25, 0.3) is 0 Å². The van der Waals surface area contributed by atoms with Crippen molar-refractivity contribution in [3.05, 3.63) is 332 Å². The largest absolute Gasteiger partial charge is 0.496 e. The van der Waals surface area contributed by atoms with Gasteiger partial charge >= 0.3 is 0 Å². The smallest absolute Gasteiger partial charge is 0.269 e. The van der Waals surface area contributed by atoms with E-state index in [0.717, 1.165) is 28.3 Å². The van der Waals surface area contributed by atoms with Gasteiger partial charge in [-0.15, -0.1) is 74.1 Å². The molecule has 0 aromatic heterocycles. The van der Waals surface area contributed by atoms with E-state index < -0.39 is 108 Å². The van der Waals surface area contributed by atoms with Crippen molar-refractivity contribution in [2.24, 2.45) is 11.8 Å². The van der Waals surface area contributed by atoms with Crippen molar-refractivity contribution in [2.45, 2.75) is 135 Å². The van der Waals surface area contributed by atoms with Crippen LogP contribution in [0.15, 0.2) is 280 Å². The normalized spacial score (nSPS) is 15.5. The van der Waals surface area contributed by atoms with Crippen LogP contribution >= 0.6 is 11.6 Å². The number of nitrogens with zero attached hydrogens (tertiary/aromatic N) is 2. The molecule has 12 rings (SSSR count). The molecule has 632 valence electrons. The number of carbonyl (C=O) groups excluding carboxylic acids is 2. The highest BCUT2D eigenvalue weighted by atomic mass is 35.5. The topological polar surface area (TPSA) is 368 Å². The Balaban J connectivity index is 0.000000204. The molecule has 0 fully saturated rings. The van der Waals surface area contributed by atoms with Crippen LogP contribution in [-0.2, 0) is 52.2 Å². The predicted octanol–water partition coefficient (Wildman–Crippen LogP) is 13.9. The SMILES string of the molecule is C#CCC(O)C(c1cccc(C#N)c1)S(=O)(=O)c1ccccc1.C#CCC(O)C(c1cccc(C)c1)S(=O)(=O)c1ccccc1.C#CCC(O)C(c1cccc(Cl)c1)S(=O)(=O)c1ccccc1.C#CCC(O)C(c1cccc([N+](=O)[O-])c1)S(=O)(=O)c1ccccc1.C#CCC(O)C1Cc2cccc(OC)c2C1=O.C#CCC(O)C1Cc2ccccc2C1=O. The minimum Gasteiger partial charge on any atom is -0.496 e. The van der Waals surface area contributed by atoms with Crippen LogP contribution in [0.5, 0.6) is 5.75 Å². The summed E-state index contributed by atoms with van der Waals surface area (Å²) >= 11 is 5.95. The van der Waals surface area contributed by atoms with Crippen molar-refractivity contribution in [3.8, 4) is 85.9 Å². The number of nitro benzene ring substituents is 1. The quantitative estimate of drug-likeness (QED) is 0.0167. The van der Waals surface area contributed by atoms with E-state index in [1.54, 1.807) is 140 Å². The number of carbonyl (C=O) groups is 2. The lowest BCUT2D eigenvalue weighted by atomic mass is 9.96. The minimum absolute atomic E-state index is 0.0116. The summed E-state index contributed by atoms with van der Waals surface area (Å²) in [6.07, 6.45) is 25.9. The third kappa shape index (κ3) is 25.5. The molecule has 0 bridgehead atoms. The molecule has 12 unspecified atom stereocenters. The number of ketones is 2. The summed E-state index contributed by atoms with van der Waals surface area (Å²) in [6, 6.07) is 71.5. The average Bonchev–Trinajstić information content (AvgIpc) is 1.01. The number of fused-ring (bicyclic) bond motifs is 2. The second kappa shape index (κ2) is 46.5. The second-order valence-electron chi connectivity index (χ2n) is 28.0. The number of benzene rings is 10. The number of hydrogen-bond acceptors (Lipinski definition) is 20. The number of aliphatic hydroxyl groups excluding tert-OH is 6. The maximum Gasteiger partial charge on any atom is 0.269 e. The number of rotatable bonds is 26. The Morgan fingerprint density at radius 3 is 1.13 bits per heavy atom. The van der Waals surface area contributed by atoms with E-state index in [4.69, 9.17) is 60.1 Å². The van der Waals surface area contributed by atoms with Gasteiger partial charge in [0.25, 0.3) is 5.69 Å². The van der Waals surface area contributed by atoms with Gasteiger partial charge in [0.1, 0.15) is 26.7 Å². The standard InChI is InChI=1S/C18H15NO3S.C18H18O3S.C17H15ClO3S.C17H15NO5S.C14H14O3.C13H12O2/c1-2-7-17(20)18(15-9-6-8-14(12-15)13-19)23(21,22)16-10-4-3-5-11-16;1-3-8-17(19)18(15-10-7-9-14(2)13-15)22(20,21)16-11-5-4-6-12-16;1-2-7-16(19)17(13-8-6-9-14(18)12-13)22(20,21)15-10-4-3-5-11-15;1-2-7-16(19)17(13-8-6-9-14(12-13)18(20)21)24(22,23)15-10-4-3-5-11-15;1-3-5-11(15)10-8-9-6-4-7-12(17-2)13(9)14(10)16;1-2-5-12(14)11-8-9-6-3-4-7-10(9)13(11)15/h1,3-6,8-12,17-18,20H,7H2;1,4-7,9-13,17-19H,8H2,2H3;1,3-6,8-12,16-17,19H,7H2;1,3-6,8-12,16-17,19H,7H2;1,4,6-7,10-11,15H,5,8H2,2H3;1,3-4,6-7,11-12,14H,5,8H2. The predicted molar refractivity (Wildman–Crippen MR) is 472 cm³/mol. The molecule has 10 aromatic carbocycles. The van der Waals surface area contributed by atoms with Crippen LogP contribution < -0.4 is 4.74 Å². The molecule has 21 nitrogen and oxygen atoms in total. The van der Waals surface area contributed by atoms with Gasteiger partial charge in [0.05, 0.1) is 97.3 Å². The number of terminal acetylenes is 6. The van der Waals surface area contributed by atoms with Gasteiger partial charge in [0, 0.05) is 61.2 Å². The van der Waals surface area contributed by atoms with E-state index in [2.05, 4.69) is 35.5 Å². The summed E-state index contributed by atoms with van der Waals surface area (Å²) < 4.78 is 109. The summed E-state index contributed by atoms with van der Waals surface area (Å²) in [5.74, 6) is 13.7. The number of aliphatic hydroxyl groups is 6. The number of hydrogen-bond donors (Lipinski definition) is 6. The van der Waals surface area contributed by atoms with E-state index in [1.807, 2.05) is 49.4 Å². The number of Topliss-reactive ketones (excluding diaryl/α,β-unsaturated/α-hetero) is 2. The second-order valence-corrected chi connectivity index (χ2v) is 36.7. The number of halogens is 1. The van der Waals surface area contributed by atoms with E-state index in [1.165, 1.54) is 86.0 Å². The first-order chi connectivity index (χ1) is 58.7. The van der Waals surface area contributed by atoms with Crippen molar-refractivity contribution in [3.63, 3.8) is 0 Å². The van der Waals surface area contributed by atoms with E-state index in [9.17, 15) is 84.0 Å².